The van der Waals surface area contributed by atoms with E-state index >= 15 is 0 Å². The van der Waals surface area contributed by atoms with Crippen molar-refractivity contribution < 1.29 is 0 Å². The van der Waals surface area contributed by atoms with Crippen molar-refractivity contribution in [2.75, 3.05) is 0 Å². The molecule has 62 valence electrons. The molecule has 0 radical (unpaired) electrons. The molecule has 0 aliphatic carbocycles. The van der Waals surface area contributed by atoms with E-state index in [1.165, 1.54) is 0 Å². The SMILES string of the molecule is CC[C@H](N)[C@H](N)c1ccsc1. The van der Waals surface area contributed by atoms with E-state index in [4.69, 9.17) is 11.5 Å². The molecule has 1 heterocycles. The Kier molecular flexibility index (Phi) is 3.05. The highest BCUT2D eigenvalue weighted by molar-refractivity contribution is 7.07. The molecule has 0 aromatic carbocycles. The first kappa shape index (κ1) is 8.71. The fourth-order valence-electron chi connectivity index (χ4n) is 0.966. The van der Waals surface area contributed by atoms with E-state index in [9.17, 15) is 0 Å². The topological polar surface area (TPSA) is 52.0 Å². The van der Waals surface area contributed by atoms with Crippen LogP contribution in [0.25, 0.3) is 0 Å². The average Bonchev–Trinajstić information content (AvgIpc) is 2.53. The molecule has 1 aromatic rings. The number of hydrogen-bond acceptors (Lipinski definition) is 3. The van der Waals surface area contributed by atoms with Gasteiger partial charge in [0, 0.05) is 12.1 Å². The number of nitrogens with two attached hydrogens (primary N) is 2. The van der Waals surface area contributed by atoms with E-state index < -0.39 is 0 Å². The second kappa shape index (κ2) is 3.85. The van der Waals surface area contributed by atoms with Crippen LogP contribution >= 0.6 is 11.3 Å². The third-order valence-corrected chi connectivity index (χ3v) is 2.56. The molecular formula is C8H14N2S. The molecule has 1 aromatic heterocycles. The summed E-state index contributed by atoms with van der Waals surface area (Å²) in [6, 6.07) is 2.13. The van der Waals surface area contributed by atoms with Gasteiger partial charge in [-0.2, -0.15) is 11.3 Å². The Hall–Kier alpha value is -0.380. The summed E-state index contributed by atoms with van der Waals surface area (Å²) in [5.74, 6) is 0. The Balaban J connectivity index is 2.62. The Morgan fingerprint density at radius 3 is 2.73 bits per heavy atom. The van der Waals surface area contributed by atoms with Crippen LogP contribution in [0.4, 0.5) is 0 Å². The van der Waals surface area contributed by atoms with Crippen LogP contribution < -0.4 is 11.5 Å². The quantitative estimate of drug-likeness (QED) is 0.722. The molecule has 0 spiro atoms. The zero-order valence-corrected chi connectivity index (χ0v) is 7.47. The van der Waals surface area contributed by atoms with Crippen LogP contribution in [0, 0.1) is 0 Å². The molecule has 0 unspecified atom stereocenters. The summed E-state index contributed by atoms with van der Waals surface area (Å²) in [6.07, 6.45) is 0.928. The summed E-state index contributed by atoms with van der Waals surface area (Å²) in [7, 11) is 0. The highest BCUT2D eigenvalue weighted by Crippen LogP contribution is 2.17. The van der Waals surface area contributed by atoms with E-state index in [0.29, 0.717) is 0 Å². The van der Waals surface area contributed by atoms with Gasteiger partial charge in [-0.25, -0.2) is 0 Å². The second-order valence-corrected chi connectivity index (χ2v) is 3.43. The average molecular weight is 170 g/mol. The molecule has 0 amide bonds. The maximum atomic E-state index is 5.88. The third-order valence-electron chi connectivity index (χ3n) is 1.86. The predicted molar refractivity (Wildman–Crippen MR) is 49.5 cm³/mol. The van der Waals surface area contributed by atoms with E-state index in [1.54, 1.807) is 11.3 Å². The first-order valence-corrected chi connectivity index (χ1v) is 4.73. The third kappa shape index (κ3) is 2.02. The molecule has 0 aliphatic heterocycles. The molecule has 1 rings (SSSR count). The van der Waals surface area contributed by atoms with Crippen LogP contribution in [0.3, 0.4) is 0 Å². The van der Waals surface area contributed by atoms with Gasteiger partial charge in [0.1, 0.15) is 0 Å². The largest absolute Gasteiger partial charge is 0.326 e. The standard InChI is InChI=1S/C8H14N2S/c1-2-7(9)8(10)6-3-4-11-5-6/h3-5,7-8H,2,9-10H2,1H3/t7-,8+/m0/s1. The molecule has 2 atom stereocenters. The van der Waals surface area contributed by atoms with E-state index in [-0.39, 0.29) is 12.1 Å². The molecule has 11 heavy (non-hydrogen) atoms. The highest BCUT2D eigenvalue weighted by atomic mass is 32.1. The Bertz CT molecular complexity index is 196. The molecule has 0 aliphatic rings. The summed E-state index contributed by atoms with van der Waals surface area (Å²) in [4.78, 5) is 0. The second-order valence-electron chi connectivity index (χ2n) is 2.65. The minimum Gasteiger partial charge on any atom is -0.326 e. The zero-order chi connectivity index (χ0) is 8.27. The zero-order valence-electron chi connectivity index (χ0n) is 6.66. The van der Waals surface area contributed by atoms with Gasteiger partial charge in [0.15, 0.2) is 0 Å². The van der Waals surface area contributed by atoms with Crippen molar-refractivity contribution in [2.24, 2.45) is 11.5 Å². The Morgan fingerprint density at radius 1 is 1.55 bits per heavy atom. The first-order valence-electron chi connectivity index (χ1n) is 3.79. The normalized spacial score (nSPS) is 16.3. The Morgan fingerprint density at radius 2 is 2.27 bits per heavy atom. The molecule has 0 saturated carbocycles. The lowest BCUT2D eigenvalue weighted by Crippen LogP contribution is -2.32. The fourth-order valence-corrected chi connectivity index (χ4v) is 1.67. The van der Waals surface area contributed by atoms with Gasteiger partial charge >= 0.3 is 0 Å². The number of rotatable bonds is 3. The van der Waals surface area contributed by atoms with Gasteiger partial charge < -0.3 is 11.5 Å². The van der Waals surface area contributed by atoms with Gasteiger partial charge in [-0.05, 0) is 28.8 Å². The van der Waals surface area contributed by atoms with Gasteiger partial charge in [-0.3, -0.25) is 0 Å². The van der Waals surface area contributed by atoms with Crippen LogP contribution in [-0.4, -0.2) is 6.04 Å². The minimum atomic E-state index is 0.00579. The summed E-state index contributed by atoms with van der Waals surface area (Å²) in [5, 5.41) is 4.08. The van der Waals surface area contributed by atoms with Crippen LogP contribution in [0.1, 0.15) is 24.9 Å². The van der Waals surface area contributed by atoms with Crippen LogP contribution in [-0.2, 0) is 0 Å². The molecule has 0 bridgehead atoms. The molecule has 3 heteroatoms. The summed E-state index contributed by atoms with van der Waals surface area (Å²) < 4.78 is 0. The van der Waals surface area contributed by atoms with Crippen molar-refractivity contribution in [1.82, 2.24) is 0 Å². The maximum Gasteiger partial charge on any atom is 0.0456 e. The fraction of sp³-hybridized carbons (Fsp3) is 0.500. The van der Waals surface area contributed by atoms with Crippen molar-refractivity contribution in [3.8, 4) is 0 Å². The van der Waals surface area contributed by atoms with Gasteiger partial charge in [0.25, 0.3) is 0 Å². The van der Waals surface area contributed by atoms with Gasteiger partial charge in [0.05, 0.1) is 0 Å². The van der Waals surface area contributed by atoms with Crippen molar-refractivity contribution in [2.45, 2.75) is 25.4 Å². The van der Waals surface area contributed by atoms with Gasteiger partial charge in [-0.15, -0.1) is 0 Å². The first-order chi connectivity index (χ1) is 5.25. The Labute approximate surface area is 71.2 Å². The monoisotopic (exact) mass is 170 g/mol. The molecule has 4 N–H and O–H groups in total. The van der Waals surface area contributed by atoms with Gasteiger partial charge in [-0.1, -0.05) is 6.92 Å². The van der Waals surface area contributed by atoms with E-state index in [0.717, 1.165) is 12.0 Å². The number of hydrogen-bond donors (Lipinski definition) is 2. The summed E-state index contributed by atoms with van der Waals surface area (Å²) >= 11 is 1.66. The van der Waals surface area contributed by atoms with Crippen molar-refractivity contribution in [3.05, 3.63) is 22.4 Å². The van der Waals surface area contributed by atoms with Crippen molar-refractivity contribution in [1.29, 1.82) is 0 Å². The summed E-state index contributed by atoms with van der Waals surface area (Å²) in [6.45, 7) is 2.05. The van der Waals surface area contributed by atoms with E-state index in [1.807, 2.05) is 11.4 Å². The van der Waals surface area contributed by atoms with E-state index in [2.05, 4.69) is 12.3 Å². The highest BCUT2D eigenvalue weighted by Gasteiger charge is 2.12. The molecule has 2 nitrogen and oxygen atoms in total. The molecule has 0 fully saturated rings. The van der Waals surface area contributed by atoms with Crippen molar-refractivity contribution >= 4 is 11.3 Å². The van der Waals surface area contributed by atoms with Gasteiger partial charge in [0.2, 0.25) is 0 Å². The molecular weight excluding hydrogens is 156 g/mol. The van der Waals surface area contributed by atoms with Crippen molar-refractivity contribution in [3.63, 3.8) is 0 Å². The molecule has 0 saturated heterocycles. The lowest BCUT2D eigenvalue weighted by molar-refractivity contribution is 0.534. The smallest absolute Gasteiger partial charge is 0.0456 e. The predicted octanol–water partition coefficient (Wildman–Crippen LogP) is 1.49. The lowest BCUT2D eigenvalue weighted by Gasteiger charge is -2.16. The number of thiophene rings is 1. The summed E-state index contributed by atoms with van der Waals surface area (Å²) in [5.41, 5.74) is 12.8. The maximum absolute atomic E-state index is 5.88. The minimum absolute atomic E-state index is 0.00579. The lowest BCUT2D eigenvalue weighted by atomic mass is 10.0. The van der Waals surface area contributed by atoms with Crippen LogP contribution in [0.15, 0.2) is 16.8 Å². The van der Waals surface area contributed by atoms with Crippen LogP contribution in [0.5, 0.6) is 0 Å². The van der Waals surface area contributed by atoms with Crippen LogP contribution in [0.2, 0.25) is 0 Å².